The van der Waals surface area contributed by atoms with Crippen LogP contribution < -0.4 is 5.73 Å². The van der Waals surface area contributed by atoms with Crippen LogP contribution in [0.25, 0.3) is 0 Å². The van der Waals surface area contributed by atoms with Gasteiger partial charge in [-0.3, -0.25) is 15.2 Å². The van der Waals surface area contributed by atoms with Crippen molar-refractivity contribution in [1.82, 2.24) is 9.80 Å². The minimum atomic E-state index is -0.143. The quantitative estimate of drug-likeness (QED) is 0.600. The molecule has 2 aliphatic rings. The number of fused-ring (bicyclic) bond motifs is 1. The van der Waals surface area contributed by atoms with Crippen molar-refractivity contribution in [1.29, 1.82) is 5.41 Å². The van der Waals surface area contributed by atoms with Crippen LogP contribution in [0.2, 0.25) is 0 Å². The molecule has 2 atom stereocenters. The highest BCUT2D eigenvalue weighted by Gasteiger charge is 2.32. The number of rotatable bonds is 5. The predicted molar refractivity (Wildman–Crippen MR) is 85.2 cm³/mol. The van der Waals surface area contributed by atoms with Gasteiger partial charge in [0.15, 0.2) is 0 Å². The maximum Gasteiger partial charge on any atom is 0.0963 e. The van der Waals surface area contributed by atoms with Gasteiger partial charge in [0.1, 0.15) is 0 Å². The molecule has 0 aromatic rings. The number of nitrogens with one attached hydrogen (secondary N) is 1. The highest BCUT2D eigenvalue weighted by molar-refractivity contribution is 5.82. The van der Waals surface area contributed by atoms with Crippen LogP contribution in [-0.4, -0.2) is 53.9 Å². The molecule has 4 heteroatoms. The molecule has 0 amide bonds. The van der Waals surface area contributed by atoms with Gasteiger partial charge in [-0.1, -0.05) is 20.3 Å². The van der Waals surface area contributed by atoms with Crippen LogP contribution in [0.1, 0.15) is 52.9 Å². The fourth-order valence-electron chi connectivity index (χ4n) is 3.58. The van der Waals surface area contributed by atoms with Crippen LogP contribution in [0.5, 0.6) is 0 Å². The Kier molecular flexibility index (Phi) is 5.08. The monoisotopic (exact) mass is 280 g/mol. The van der Waals surface area contributed by atoms with Crippen LogP contribution in [0.4, 0.5) is 0 Å². The lowest BCUT2D eigenvalue weighted by Gasteiger charge is -2.47. The van der Waals surface area contributed by atoms with Gasteiger partial charge in [-0.25, -0.2) is 0 Å². The smallest absolute Gasteiger partial charge is 0.0963 e. The average molecular weight is 280 g/mol. The minimum Gasteiger partial charge on any atom is -0.387 e. The van der Waals surface area contributed by atoms with Crippen molar-refractivity contribution in [3.8, 4) is 0 Å². The summed E-state index contributed by atoms with van der Waals surface area (Å²) in [5.74, 6) is 0.322. The third-order valence-electron chi connectivity index (χ3n) is 5.29. The number of nitrogens with zero attached hydrogens (tertiary/aromatic N) is 2. The van der Waals surface area contributed by atoms with Crippen LogP contribution >= 0.6 is 0 Å². The summed E-state index contributed by atoms with van der Waals surface area (Å²) in [6.45, 7) is 11.5. The molecule has 0 aliphatic carbocycles. The number of amidine groups is 1. The Labute approximate surface area is 124 Å². The van der Waals surface area contributed by atoms with Crippen molar-refractivity contribution in [2.75, 3.05) is 26.2 Å². The van der Waals surface area contributed by atoms with E-state index in [0.29, 0.717) is 11.9 Å². The van der Waals surface area contributed by atoms with Crippen molar-refractivity contribution < 1.29 is 0 Å². The Hall–Kier alpha value is -0.610. The maximum atomic E-state index is 7.64. The van der Waals surface area contributed by atoms with E-state index in [1.54, 1.807) is 0 Å². The molecule has 0 spiro atoms. The standard InChI is InChI=1S/C16H32N4/c1-13-11-20-9-5-4-7-14(20)12-19(13)10-6-8-16(2,3)15(17)18/h13-14H,4-12H2,1-3H3,(H3,17,18). The van der Waals surface area contributed by atoms with Gasteiger partial charge < -0.3 is 5.73 Å². The highest BCUT2D eigenvalue weighted by Crippen LogP contribution is 2.26. The zero-order valence-corrected chi connectivity index (χ0v) is 13.5. The number of hydrogen-bond acceptors (Lipinski definition) is 3. The minimum absolute atomic E-state index is 0.143. The summed E-state index contributed by atoms with van der Waals surface area (Å²) < 4.78 is 0. The van der Waals surface area contributed by atoms with Crippen LogP contribution in [-0.2, 0) is 0 Å². The molecule has 2 fully saturated rings. The lowest BCUT2D eigenvalue weighted by Crippen LogP contribution is -2.58. The second-order valence-corrected chi connectivity index (χ2v) is 7.39. The van der Waals surface area contributed by atoms with Gasteiger partial charge in [-0.15, -0.1) is 0 Å². The summed E-state index contributed by atoms with van der Waals surface area (Å²) in [4.78, 5) is 5.35. The zero-order chi connectivity index (χ0) is 14.8. The molecule has 0 aromatic heterocycles. The summed E-state index contributed by atoms with van der Waals surface area (Å²) in [6, 6.07) is 1.46. The van der Waals surface area contributed by atoms with Gasteiger partial charge in [0.25, 0.3) is 0 Å². The van der Waals surface area contributed by atoms with Gasteiger partial charge in [0, 0.05) is 30.6 Å². The highest BCUT2D eigenvalue weighted by atomic mass is 15.3. The lowest BCUT2D eigenvalue weighted by atomic mass is 9.86. The molecular formula is C16H32N4. The molecule has 116 valence electrons. The van der Waals surface area contributed by atoms with Gasteiger partial charge in [-0.2, -0.15) is 0 Å². The van der Waals surface area contributed by atoms with Gasteiger partial charge in [-0.05, 0) is 45.7 Å². The van der Waals surface area contributed by atoms with Crippen molar-refractivity contribution in [2.24, 2.45) is 11.1 Å². The molecule has 20 heavy (non-hydrogen) atoms. The maximum absolute atomic E-state index is 7.64. The number of piperazine rings is 1. The van der Waals surface area contributed by atoms with E-state index in [-0.39, 0.29) is 5.41 Å². The SMILES string of the molecule is CC1CN2CCCCC2CN1CCCC(C)(C)C(=N)N. The van der Waals surface area contributed by atoms with Gasteiger partial charge in [0.05, 0.1) is 5.84 Å². The first-order valence-electron chi connectivity index (χ1n) is 8.23. The first kappa shape index (κ1) is 15.8. The van der Waals surface area contributed by atoms with E-state index >= 15 is 0 Å². The summed E-state index contributed by atoms with van der Waals surface area (Å²) in [6.07, 6.45) is 6.32. The van der Waals surface area contributed by atoms with E-state index in [1.165, 1.54) is 38.9 Å². The Balaban J connectivity index is 1.79. The predicted octanol–water partition coefficient (Wildman–Crippen LogP) is 2.29. The van der Waals surface area contributed by atoms with E-state index in [1.807, 2.05) is 0 Å². The van der Waals surface area contributed by atoms with Crippen molar-refractivity contribution in [3.63, 3.8) is 0 Å². The molecule has 3 N–H and O–H groups in total. The summed E-state index contributed by atoms with van der Waals surface area (Å²) in [7, 11) is 0. The molecule has 2 rings (SSSR count). The normalized spacial score (nSPS) is 29.1. The molecule has 2 heterocycles. The topological polar surface area (TPSA) is 56.4 Å². The summed E-state index contributed by atoms with van der Waals surface area (Å²) in [5, 5.41) is 7.64. The van der Waals surface area contributed by atoms with E-state index in [2.05, 4.69) is 30.6 Å². The van der Waals surface area contributed by atoms with Crippen molar-refractivity contribution in [2.45, 2.75) is 65.0 Å². The molecule has 4 nitrogen and oxygen atoms in total. The molecule has 0 aromatic carbocycles. The van der Waals surface area contributed by atoms with Crippen LogP contribution in [0.15, 0.2) is 0 Å². The van der Waals surface area contributed by atoms with Gasteiger partial charge >= 0.3 is 0 Å². The Morgan fingerprint density at radius 3 is 2.75 bits per heavy atom. The molecular weight excluding hydrogens is 248 g/mol. The molecule has 2 aliphatic heterocycles. The van der Waals surface area contributed by atoms with Crippen LogP contribution in [0.3, 0.4) is 0 Å². The lowest BCUT2D eigenvalue weighted by molar-refractivity contribution is 0.0140. The van der Waals surface area contributed by atoms with E-state index in [9.17, 15) is 0 Å². The van der Waals surface area contributed by atoms with Gasteiger partial charge in [0.2, 0.25) is 0 Å². The number of piperidine rings is 1. The first-order valence-corrected chi connectivity index (χ1v) is 8.23. The Morgan fingerprint density at radius 2 is 2.05 bits per heavy atom. The third-order valence-corrected chi connectivity index (χ3v) is 5.29. The molecule has 2 saturated heterocycles. The van der Waals surface area contributed by atoms with E-state index < -0.39 is 0 Å². The second kappa shape index (κ2) is 6.44. The average Bonchev–Trinajstić information content (AvgIpc) is 2.39. The molecule has 0 radical (unpaired) electrons. The summed E-state index contributed by atoms with van der Waals surface area (Å²) in [5.41, 5.74) is 5.52. The van der Waals surface area contributed by atoms with Crippen molar-refractivity contribution in [3.05, 3.63) is 0 Å². The molecule has 0 saturated carbocycles. The van der Waals surface area contributed by atoms with Crippen molar-refractivity contribution >= 4 is 5.84 Å². The molecule has 2 unspecified atom stereocenters. The van der Waals surface area contributed by atoms with E-state index in [4.69, 9.17) is 11.1 Å². The molecule has 0 bridgehead atoms. The first-order chi connectivity index (χ1) is 9.40. The zero-order valence-electron chi connectivity index (χ0n) is 13.5. The van der Waals surface area contributed by atoms with Crippen LogP contribution in [0, 0.1) is 10.8 Å². The fraction of sp³-hybridized carbons (Fsp3) is 0.938. The number of hydrogen-bond donors (Lipinski definition) is 2. The van der Waals surface area contributed by atoms with E-state index in [0.717, 1.165) is 25.4 Å². The fourth-order valence-corrected chi connectivity index (χ4v) is 3.58. The second-order valence-electron chi connectivity index (χ2n) is 7.39. The largest absolute Gasteiger partial charge is 0.387 e. The third kappa shape index (κ3) is 3.73. The number of nitrogens with two attached hydrogens (primary N) is 1. The Bertz CT molecular complexity index is 339. The Morgan fingerprint density at radius 1 is 1.30 bits per heavy atom. The summed E-state index contributed by atoms with van der Waals surface area (Å²) >= 11 is 0.